The van der Waals surface area contributed by atoms with Crippen molar-refractivity contribution in [2.24, 2.45) is 17.8 Å². The number of anilines is 1. The number of aryl methyl sites for hydroxylation is 1. The number of amides is 2. The van der Waals surface area contributed by atoms with E-state index in [4.69, 9.17) is 21.1 Å². The van der Waals surface area contributed by atoms with Crippen LogP contribution in [0, 0.1) is 24.7 Å². The van der Waals surface area contributed by atoms with Crippen LogP contribution in [0.15, 0.2) is 30.9 Å². The Morgan fingerprint density at radius 1 is 1.37 bits per heavy atom. The first-order valence-electron chi connectivity index (χ1n) is 13.4. The van der Waals surface area contributed by atoms with Crippen LogP contribution in [-0.4, -0.2) is 70.8 Å². The summed E-state index contributed by atoms with van der Waals surface area (Å²) >= 11 is 6.60. The fourth-order valence-corrected chi connectivity index (χ4v) is 7.30. The minimum absolute atomic E-state index is 0.152. The van der Waals surface area contributed by atoms with Crippen LogP contribution >= 0.6 is 11.6 Å². The van der Waals surface area contributed by atoms with Gasteiger partial charge in [-0.3, -0.25) is 14.4 Å². The Labute approximate surface area is 229 Å². The number of carbonyl (C=O) groups is 3. The van der Waals surface area contributed by atoms with Crippen molar-refractivity contribution in [3.8, 4) is 0 Å². The van der Waals surface area contributed by atoms with Crippen LogP contribution in [0.2, 0.25) is 5.02 Å². The average molecular weight is 547 g/mol. The van der Waals surface area contributed by atoms with Crippen LogP contribution in [0.1, 0.15) is 52.5 Å². The number of hydrogen-bond acceptors (Lipinski definition) is 6. The monoisotopic (exact) mass is 546 g/mol. The van der Waals surface area contributed by atoms with E-state index in [0.29, 0.717) is 30.0 Å². The Morgan fingerprint density at radius 3 is 2.66 bits per heavy atom. The van der Waals surface area contributed by atoms with Gasteiger partial charge >= 0.3 is 5.97 Å². The lowest BCUT2D eigenvalue weighted by Gasteiger charge is -2.40. The smallest absolute Gasteiger partial charge is 0.312 e. The molecule has 2 amide bonds. The van der Waals surface area contributed by atoms with Gasteiger partial charge in [0, 0.05) is 6.54 Å². The van der Waals surface area contributed by atoms with Gasteiger partial charge in [-0.1, -0.05) is 43.7 Å². The van der Waals surface area contributed by atoms with E-state index in [-0.39, 0.29) is 37.5 Å². The standard InChI is InChI=1S/C29H39ClN2O6/c1-7-14-31(23-18(5)10-9-11-20(23)30)26(35)24-29-13-12-28(6,38-29)22(27(36)37-8-2)21(29)25(34)32(24)19(16-33)15-17(3)4/h7,9-11,17,19,21-22,24,33H,1,8,12-16H2,2-6H3/t19-,21+,22-,24?,28+,29?/m1/s1. The lowest BCUT2D eigenvalue weighted by Crippen LogP contribution is -2.59. The van der Waals surface area contributed by atoms with Gasteiger partial charge in [0.2, 0.25) is 5.91 Å². The van der Waals surface area contributed by atoms with Crippen molar-refractivity contribution in [2.45, 2.75) is 77.2 Å². The van der Waals surface area contributed by atoms with E-state index in [1.165, 1.54) is 4.90 Å². The quantitative estimate of drug-likeness (QED) is 0.353. The molecule has 3 aliphatic heterocycles. The second kappa shape index (κ2) is 10.6. The Kier molecular flexibility index (Phi) is 7.99. The molecule has 3 aliphatic rings. The van der Waals surface area contributed by atoms with Crippen molar-refractivity contribution >= 4 is 35.1 Å². The summed E-state index contributed by atoms with van der Waals surface area (Å²) in [7, 11) is 0. The first-order chi connectivity index (χ1) is 18.0. The molecule has 208 valence electrons. The predicted molar refractivity (Wildman–Crippen MR) is 145 cm³/mol. The third kappa shape index (κ3) is 4.34. The molecular weight excluding hydrogens is 508 g/mol. The van der Waals surface area contributed by atoms with Crippen molar-refractivity contribution in [1.82, 2.24) is 4.90 Å². The number of benzene rings is 1. The summed E-state index contributed by atoms with van der Waals surface area (Å²) in [6, 6.07) is 3.74. The molecule has 3 saturated heterocycles. The van der Waals surface area contributed by atoms with E-state index in [0.717, 1.165) is 5.56 Å². The zero-order valence-electron chi connectivity index (χ0n) is 22.9. The number of nitrogens with zero attached hydrogens (tertiary/aromatic N) is 2. The molecule has 3 heterocycles. The van der Waals surface area contributed by atoms with Gasteiger partial charge in [-0.25, -0.2) is 0 Å². The summed E-state index contributed by atoms with van der Waals surface area (Å²) in [6.45, 7) is 13.3. The second-order valence-electron chi connectivity index (χ2n) is 11.3. The fraction of sp³-hybridized carbons (Fsp3) is 0.621. The largest absolute Gasteiger partial charge is 0.466 e. The van der Waals surface area contributed by atoms with Gasteiger partial charge in [-0.15, -0.1) is 6.58 Å². The number of likely N-dealkylation sites (tertiary alicyclic amines) is 1. The highest BCUT2D eigenvalue weighted by atomic mass is 35.5. The van der Waals surface area contributed by atoms with E-state index in [1.807, 2.05) is 39.8 Å². The van der Waals surface area contributed by atoms with E-state index in [2.05, 4.69) is 6.58 Å². The van der Waals surface area contributed by atoms with Gasteiger partial charge in [0.25, 0.3) is 5.91 Å². The Morgan fingerprint density at radius 2 is 2.08 bits per heavy atom. The van der Waals surface area contributed by atoms with Gasteiger partial charge in [0.1, 0.15) is 17.6 Å². The molecule has 1 aromatic carbocycles. The zero-order valence-corrected chi connectivity index (χ0v) is 23.7. The van der Waals surface area contributed by atoms with Crippen LogP contribution in [0.25, 0.3) is 0 Å². The third-order valence-corrected chi connectivity index (χ3v) is 8.68. The summed E-state index contributed by atoms with van der Waals surface area (Å²) in [4.78, 5) is 45.3. The Bertz CT molecular complexity index is 1100. The van der Waals surface area contributed by atoms with E-state index in [1.54, 1.807) is 24.0 Å². The lowest BCUT2D eigenvalue weighted by molar-refractivity contribution is -0.160. The number of aliphatic hydroxyl groups excluding tert-OH is 1. The predicted octanol–water partition coefficient (Wildman–Crippen LogP) is 3.90. The number of esters is 1. The molecule has 4 rings (SSSR count). The summed E-state index contributed by atoms with van der Waals surface area (Å²) < 4.78 is 12.1. The molecule has 38 heavy (non-hydrogen) atoms. The van der Waals surface area contributed by atoms with Crippen molar-refractivity contribution in [1.29, 1.82) is 0 Å². The molecule has 0 aromatic heterocycles. The highest BCUT2D eigenvalue weighted by Gasteiger charge is 2.79. The van der Waals surface area contributed by atoms with Crippen LogP contribution in [0.3, 0.4) is 0 Å². The van der Waals surface area contributed by atoms with Crippen LogP contribution in [0.5, 0.6) is 0 Å². The average Bonchev–Trinajstić information content (AvgIpc) is 3.42. The van der Waals surface area contributed by atoms with Crippen LogP contribution < -0.4 is 4.90 Å². The third-order valence-electron chi connectivity index (χ3n) is 8.37. The van der Waals surface area contributed by atoms with Gasteiger partial charge in [-0.2, -0.15) is 0 Å². The number of aliphatic hydroxyl groups is 1. The van der Waals surface area contributed by atoms with Crippen molar-refractivity contribution < 1.29 is 29.0 Å². The molecule has 1 aromatic rings. The molecule has 3 fully saturated rings. The molecule has 0 saturated carbocycles. The number of fused-ring (bicyclic) bond motifs is 1. The molecule has 6 atom stereocenters. The molecule has 0 aliphatic carbocycles. The van der Waals surface area contributed by atoms with Crippen LogP contribution in [-0.2, 0) is 23.9 Å². The second-order valence-corrected chi connectivity index (χ2v) is 11.7. The Balaban J connectivity index is 1.89. The van der Waals surface area contributed by atoms with Gasteiger partial charge in [0.15, 0.2) is 0 Å². The molecule has 8 nitrogen and oxygen atoms in total. The molecular formula is C29H39ClN2O6. The van der Waals surface area contributed by atoms with Gasteiger partial charge in [-0.05, 0) is 57.6 Å². The molecule has 0 radical (unpaired) electrons. The molecule has 9 heteroatoms. The number of carbonyl (C=O) groups excluding carboxylic acids is 3. The Hall–Kier alpha value is -2.42. The lowest BCUT2D eigenvalue weighted by atomic mass is 9.66. The maximum absolute atomic E-state index is 14.7. The minimum atomic E-state index is -1.22. The normalized spacial score (nSPS) is 30.5. The summed E-state index contributed by atoms with van der Waals surface area (Å²) in [5, 5.41) is 10.9. The highest BCUT2D eigenvalue weighted by molar-refractivity contribution is 6.34. The zero-order chi connectivity index (χ0) is 28.0. The summed E-state index contributed by atoms with van der Waals surface area (Å²) in [5.74, 6) is -2.77. The van der Waals surface area contributed by atoms with Crippen molar-refractivity contribution in [3.05, 3.63) is 41.4 Å². The number of ether oxygens (including phenoxy) is 2. The molecule has 1 spiro atoms. The highest BCUT2D eigenvalue weighted by Crippen LogP contribution is 2.64. The maximum Gasteiger partial charge on any atom is 0.312 e. The topological polar surface area (TPSA) is 96.4 Å². The SMILES string of the molecule is C=CCN(C(=O)C1N([C@@H](CO)CC(C)C)C(=O)[C@@H]2[C@H](C(=O)OCC)[C@]3(C)CCC12O3)c1c(C)cccc1Cl. The van der Waals surface area contributed by atoms with Crippen LogP contribution in [0.4, 0.5) is 5.69 Å². The van der Waals surface area contributed by atoms with E-state index < -0.39 is 41.1 Å². The van der Waals surface area contributed by atoms with E-state index in [9.17, 15) is 19.5 Å². The molecule has 2 bridgehead atoms. The minimum Gasteiger partial charge on any atom is -0.466 e. The number of hydrogen-bond donors (Lipinski definition) is 1. The summed E-state index contributed by atoms with van der Waals surface area (Å²) in [5.41, 5.74) is -0.810. The first kappa shape index (κ1) is 28.6. The fourth-order valence-electron chi connectivity index (χ4n) is 6.98. The van der Waals surface area contributed by atoms with Crippen molar-refractivity contribution in [2.75, 3.05) is 24.7 Å². The van der Waals surface area contributed by atoms with Crippen molar-refractivity contribution in [3.63, 3.8) is 0 Å². The number of halogens is 1. The maximum atomic E-state index is 14.7. The van der Waals surface area contributed by atoms with Gasteiger partial charge in [0.05, 0.1) is 41.5 Å². The molecule has 1 N–H and O–H groups in total. The first-order valence-corrected chi connectivity index (χ1v) is 13.8. The number of rotatable bonds is 10. The van der Waals surface area contributed by atoms with Gasteiger partial charge < -0.3 is 24.4 Å². The number of para-hydroxylation sites is 1. The molecule has 2 unspecified atom stereocenters. The van der Waals surface area contributed by atoms with E-state index >= 15 is 0 Å². The summed E-state index contributed by atoms with van der Waals surface area (Å²) in [6.07, 6.45) is 3.05.